The number of hydrogen-bond donors (Lipinski definition) is 0. The van der Waals surface area contributed by atoms with Gasteiger partial charge in [-0.05, 0) is 98.8 Å². The second-order valence-corrected chi connectivity index (χ2v) is 15.3. The van der Waals surface area contributed by atoms with Gasteiger partial charge in [-0.15, -0.1) is 0 Å². The van der Waals surface area contributed by atoms with E-state index in [0.717, 1.165) is 45.0 Å². The molecule has 10 aromatic carbocycles. The van der Waals surface area contributed by atoms with Crippen LogP contribution in [-0.2, 0) is 0 Å². The van der Waals surface area contributed by atoms with Crippen molar-refractivity contribution >= 4 is 49.6 Å². The van der Waals surface area contributed by atoms with Crippen molar-refractivity contribution < 1.29 is 0 Å². The molecule has 2 heteroatoms. The molecule has 0 saturated carbocycles. The van der Waals surface area contributed by atoms with Gasteiger partial charge in [-0.1, -0.05) is 188 Å². The summed E-state index contributed by atoms with van der Waals surface area (Å²) < 4.78 is 2.41. The lowest BCUT2D eigenvalue weighted by Gasteiger charge is -2.30. The van der Waals surface area contributed by atoms with E-state index in [1.54, 1.807) is 0 Å². The monoisotopic (exact) mass is 764 g/mol. The molecule has 0 aliphatic heterocycles. The lowest BCUT2D eigenvalue weighted by molar-refractivity contribution is 1.18. The number of para-hydroxylation sites is 2. The fraction of sp³-hybridized carbons (Fsp3) is 0. The standard InChI is InChI=1S/C58H40N2/c1-4-16-41(17-5-1)43-28-34-48(35-29-43)59(56-38-33-47(42-18-6-2-7-19-42)40-53(56)44-20-8-3-9-21-44)54-26-14-12-23-50(54)46-30-36-49(37-31-46)60-55-27-15-13-25-52(55)58-51-24-11-10-22-45(51)32-39-57(58)60/h1-40H. The van der Waals surface area contributed by atoms with Crippen LogP contribution in [0.2, 0.25) is 0 Å². The van der Waals surface area contributed by atoms with Gasteiger partial charge in [-0.3, -0.25) is 0 Å². The van der Waals surface area contributed by atoms with E-state index in [9.17, 15) is 0 Å². The molecular formula is C58H40N2. The van der Waals surface area contributed by atoms with Crippen LogP contribution in [0.25, 0.3) is 82.8 Å². The minimum absolute atomic E-state index is 1.08. The Labute approximate surface area is 350 Å². The molecule has 0 radical (unpaired) electrons. The molecule has 0 unspecified atom stereocenters. The van der Waals surface area contributed by atoms with Crippen LogP contribution < -0.4 is 4.90 Å². The molecule has 1 heterocycles. The topological polar surface area (TPSA) is 8.17 Å². The number of anilines is 3. The molecule has 0 aliphatic carbocycles. The zero-order chi connectivity index (χ0) is 39.8. The van der Waals surface area contributed by atoms with Gasteiger partial charge >= 0.3 is 0 Å². The third kappa shape index (κ3) is 6.23. The Kier molecular flexibility index (Phi) is 8.87. The van der Waals surface area contributed by atoms with Crippen LogP contribution in [0.3, 0.4) is 0 Å². The Bertz CT molecular complexity index is 3270. The van der Waals surface area contributed by atoms with Crippen molar-refractivity contribution in [3.05, 3.63) is 243 Å². The molecular weight excluding hydrogens is 725 g/mol. The summed E-state index contributed by atoms with van der Waals surface area (Å²) in [5.41, 5.74) is 16.2. The number of fused-ring (bicyclic) bond motifs is 5. The summed E-state index contributed by atoms with van der Waals surface area (Å²) >= 11 is 0. The molecule has 0 N–H and O–H groups in total. The minimum Gasteiger partial charge on any atom is -0.309 e. The first-order valence-corrected chi connectivity index (χ1v) is 20.6. The predicted octanol–water partition coefficient (Wildman–Crippen LogP) is 16.1. The van der Waals surface area contributed by atoms with Crippen molar-refractivity contribution in [3.63, 3.8) is 0 Å². The van der Waals surface area contributed by atoms with E-state index in [2.05, 4.69) is 252 Å². The van der Waals surface area contributed by atoms with Crippen LogP contribution in [0.15, 0.2) is 243 Å². The van der Waals surface area contributed by atoms with Gasteiger partial charge in [0.1, 0.15) is 0 Å². The Balaban J connectivity index is 1.08. The molecule has 0 spiro atoms. The molecule has 0 saturated heterocycles. The summed E-state index contributed by atoms with van der Waals surface area (Å²) in [6, 6.07) is 87.9. The third-order valence-corrected chi connectivity index (χ3v) is 11.8. The molecule has 1 aromatic heterocycles. The van der Waals surface area contributed by atoms with Crippen molar-refractivity contribution in [3.8, 4) is 50.2 Å². The van der Waals surface area contributed by atoms with Crippen molar-refractivity contribution in [2.75, 3.05) is 4.90 Å². The van der Waals surface area contributed by atoms with E-state index in [4.69, 9.17) is 0 Å². The van der Waals surface area contributed by atoms with E-state index in [-0.39, 0.29) is 0 Å². The Morgan fingerprint density at radius 1 is 0.300 bits per heavy atom. The first-order chi connectivity index (χ1) is 29.8. The van der Waals surface area contributed by atoms with E-state index >= 15 is 0 Å². The van der Waals surface area contributed by atoms with Crippen molar-refractivity contribution in [1.82, 2.24) is 4.57 Å². The molecule has 11 aromatic rings. The highest BCUT2D eigenvalue weighted by Crippen LogP contribution is 2.46. The van der Waals surface area contributed by atoms with Gasteiger partial charge in [-0.2, -0.15) is 0 Å². The van der Waals surface area contributed by atoms with Gasteiger partial charge in [0.15, 0.2) is 0 Å². The van der Waals surface area contributed by atoms with Crippen LogP contribution in [-0.4, -0.2) is 4.57 Å². The molecule has 0 atom stereocenters. The lowest BCUT2D eigenvalue weighted by Crippen LogP contribution is -2.12. The van der Waals surface area contributed by atoms with Gasteiger partial charge < -0.3 is 9.47 Å². The predicted molar refractivity (Wildman–Crippen MR) is 255 cm³/mol. The highest BCUT2D eigenvalue weighted by Gasteiger charge is 2.22. The van der Waals surface area contributed by atoms with Crippen molar-refractivity contribution in [2.45, 2.75) is 0 Å². The molecule has 0 aliphatic rings. The average Bonchev–Trinajstić information content (AvgIpc) is 3.68. The maximum absolute atomic E-state index is 2.44. The van der Waals surface area contributed by atoms with E-state index in [0.29, 0.717) is 0 Å². The van der Waals surface area contributed by atoms with Crippen LogP contribution in [0.5, 0.6) is 0 Å². The van der Waals surface area contributed by atoms with Crippen LogP contribution >= 0.6 is 0 Å². The second-order valence-electron chi connectivity index (χ2n) is 15.3. The van der Waals surface area contributed by atoms with Crippen LogP contribution in [0.4, 0.5) is 17.1 Å². The highest BCUT2D eigenvalue weighted by molar-refractivity contribution is 6.21. The fourth-order valence-corrected chi connectivity index (χ4v) is 8.95. The first-order valence-electron chi connectivity index (χ1n) is 20.6. The summed E-state index contributed by atoms with van der Waals surface area (Å²) in [6.07, 6.45) is 0. The van der Waals surface area contributed by atoms with Gasteiger partial charge in [-0.25, -0.2) is 0 Å². The maximum atomic E-state index is 2.44. The zero-order valence-electron chi connectivity index (χ0n) is 33.0. The number of hydrogen-bond acceptors (Lipinski definition) is 1. The summed E-state index contributed by atoms with van der Waals surface area (Å²) in [7, 11) is 0. The van der Waals surface area contributed by atoms with Gasteiger partial charge in [0, 0.05) is 33.3 Å². The smallest absolute Gasteiger partial charge is 0.0547 e. The molecule has 2 nitrogen and oxygen atoms in total. The van der Waals surface area contributed by atoms with Gasteiger partial charge in [0.05, 0.1) is 22.4 Å². The van der Waals surface area contributed by atoms with Gasteiger partial charge in [0.2, 0.25) is 0 Å². The Morgan fingerprint density at radius 2 is 0.817 bits per heavy atom. The third-order valence-electron chi connectivity index (χ3n) is 11.8. The van der Waals surface area contributed by atoms with Gasteiger partial charge in [0.25, 0.3) is 0 Å². The normalized spacial score (nSPS) is 11.3. The fourth-order valence-electron chi connectivity index (χ4n) is 8.95. The minimum atomic E-state index is 1.08. The molecule has 11 rings (SSSR count). The molecule has 0 fully saturated rings. The molecule has 282 valence electrons. The number of benzene rings is 10. The first kappa shape index (κ1) is 35.2. The Hall–Kier alpha value is -7.94. The Morgan fingerprint density at radius 3 is 1.55 bits per heavy atom. The number of nitrogens with zero attached hydrogens (tertiary/aromatic N) is 2. The molecule has 0 amide bonds. The summed E-state index contributed by atoms with van der Waals surface area (Å²) in [5, 5.41) is 5.09. The van der Waals surface area contributed by atoms with Crippen LogP contribution in [0, 0.1) is 0 Å². The summed E-state index contributed by atoms with van der Waals surface area (Å²) in [6.45, 7) is 0. The van der Waals surface area contributed by atoms with Crippen molar-refractivity contribution in [1.29, 1.82) is 0 Å². The second kappa shape index (κ2) is 15.1. The molecule has 0 bridgehead atoms. The summed E-state index contributed by atoms with van der Waals surface area (Å²) in [5.74, 6) is 0. The van der Waals surface area contributed by atoms with E-state index in [1.165, 1.54) is 54.8 Å². The zero-order valence-corrected chi connectivity index (χ0v) is 33.0. The van der Waals surface area contributed by atoms with E-state index in [1.807, 2.05) is 0 Å². The maximum Gasteiger partial charge on any atom is 0.0547 e. The number of aromatic nitrogens is 1. The summed E-state index contributed by atoms with van der Waals surface area (Å²) in [4.78, 5) is 2.44. The quantitative estimate of drug-likeness (QED) is 0.150. The largest absolute Gasteiger partial charge is 0.309 e. The highest BCUT2D eigenvalue weighted by atomic mass is 15.1. The average molecular weight is 765 g/mol. The van der Waals surface area contributed by atoms with E-state index < -0.39 is 0 Å². The lowest BCUT2D eigenvalue weighted by atomic mass is 9.95. The van der Waals surface area contributed by atoms with Crippen molar-refractivity contribution in [2.24, 2.45) is 0 Å². The number of rotatable bonds is 8. The molecule has 60 heavy (non-hydrogen) atoms. The SMILES string of the molecule is c1ccc(-c2ccc(N(c3ccccc3-c3ccc(-n4c5ccccc5c5c6ccccc6ccc54)cc3)c3ccc(-c4ccccc4)cc3-c3ccccc3)cc2)cc1. The van der Waals surface area contributed by atoms with Crippen LogP contribution in [0.1, 0.15) is 0 Å².